The molecule has 7 aromatic carbocycles. The van der Waals surface area contributed by atoms with E-state index in [0.717, 1.165) is 32.9 Å². The SMILES string of the molecule is Cc1ccc2c(c1)c1cc(C)ccc1n2-c1cc(Br)cc(-n2c3ccccc3c3cc(N(c4ccccc4)c4ccccc4)ccc32)c1. The highest BCUT2D eigenvalue weighted by Gasteiger charge is 2.19. The maximum atomic E-state index is 3.91. The molecule has 2 heterocycles. The van der Waals surface area contributed by atoms with Gasteiger partial charge in [-0.25, -0.2) is 0 Å². The fraction of sp³-hybridized carbons (Fsp3) is 0.0455. The summed E-state index contributed by atoms with van der Waals surface area (Å²) in [5.41, 5.74) is 12.9. The number of aromatic nitrogens is 2. The van der Waals surface area contributed by atoms with Gasteiger partial charge in [0.2, 0.25) is 0 Å². The summed E-state index contributed by atoms with van der Waals surface area (Å²) in [4.78, 5) is 2.33. The van der Waals surface area contributed by atoms with Crippen LogP contribution in [0, 0.1) is 13.8 Å². The first kappa shape index (κ1) is 28.6. The molecule has 0 radical (unpaired) electrons. The molecule has 0 amide bonds. The Morgan fingerprint density at radius 1 is 0.396 bits per heavy atom. The van der Waals surface area contributed by atoms with Crippen LogP contribution in [0.15, 0.2) is 162 Å². The molecule has 0 unspecified atom stereocenters. The number of aryl methyl sites for hydroxylation is 2. The van der Waals surface area contributed by atoms with Gasteiger partial charge >= 0.3 is 0 Å². The number of hydrogen-bond acceptors (Lipinski definition) is 1. The Kier molecular flexibility index (Phi) is 6.73. The molecule has 9 rings (SSSR count). The first-order valence-corrected chi connectivity index (χ1v) is 17.1. The van der Waals surface area contributed by atoms with Crippen molar-refractivity contribution in [1.29, 1.82) is 0 Å². The lowest BCUT2D eigenvalue weighted by Gasteiger charge is -2.25. The Morgan fingerprint density at radius 3 is 1.42 bits per heavy atom. The molecule has 2 aromatic heterocycles. The van der Waals surface area contributed by atoms with E-state index >= 15 is 0 Å². The number of rotatable bonds is 5. The molecule has 0 atom stereocenters. The van der Waals surface area contributed by atoms with E-state index < -0.39 is 0 Å². The van der Waals surface area contributed by atoms with Crippen molar-refractivity contribution in [3.05, 3.63) is 173 Å². The van der Waals surface area contributed by atoms with Crippen LogP contribution in [-0.2, 0) is 0 Å². The summed E-state index contributed by atoms with van der Waals surface area (Å²) in [6.07, 6.45) is 0. The van der Waals surface area contributed by atoms with E-state index in [2.05, 4.69) is 202 Å². The predicted octanol–water partition coefficient (Wildman–Crippen LogP) is 12.7. The molecular weight excluding hydrogens is 650 g/mol. The minimum Gasteiger partial charge on any atom is -0.310 e. The number of para-hydroxylation sites is 3. The van der Waals surface area contributed by atoms with E-state index in [1.807, 2.05) is 0 Å². The monoisotopic (exact) mass is 681 g/mol. The Balaban J connectivity index is 1.27. The van der Waals surface area contributed by atoms with Crippen LogP contribution < -0.4 is 4.90 Å². The maximum Gasteiger partial charge on any atom is 0.0542 e. The third kappa shape index (κ3) is 4.63. The maximum absolute atomic E-state index is 3.91. The predicted molar refractivity (Wildman–Crippen MR) is 207 cm³/mol. The number of anilines is 3. The molecule has 0 aliphatic rings. The number of benzene rings is 7. The average molecular weight is 683 g/mol. The van der Waals surface area contributed by atoms with Crippen LogP contribution in [0.2, 0.25) is 0 Å². The smallest absolute Gasteiger partial charge is 0.0542 e. The van der Waals surface area contributed by atoms with Crippen LogP contribution >= 0.6 is 15.9 Å². The van der Waals surface area contributed by atoms with E-state index in [1.165, 1.54) is 54.7 Å². The van der Waals surface area contributed by atoms with Crippen molar-refractivity contribution in [1.82, 2.24) is 9.13 Å². The van der Waals surface area contributed by atoms with Crippen molar-refractivity contribution in [2.75, 3.05) is 4.90 Å². The second kappa shape index (κ2) is 11.3. The third-order valence-electron chi connectivity index (χ3n) is 9.40. The molecule has 0 bridgehead atoms. The summed E-state index contributed by atoms with van der Waals surface area (Å²) in [5, 5.41) is 4.99. The lowest BCUT2D eigenvalue weighted by atomic mass is 10.1. The normalized spacial score (nSPS) is 11.6. The zero-order valence-corrected chi connectivity index (χ0v) is 28.3. The summed E-state index contributed by atoms with van der Waals surface area (Å²) in [5.74, 6) is 0. The van der Waals surface area contributed by atoms with Gasteiger partial charge < -0.3 is 14.0 Å². The van der Waals surface area contributed by atoms with Gasteiger partial charge in [-0.2, -0.15) is 0 Å². The second-order valence-electron chi connectivity index (χ2n) is 12.6. The topological polar surface area (TPSA) is 13.1 Å². The van der Waals surface area contributed by atoms with Gasteiger partial charge in [0.1, 0.15) is 0 Å². The largest absolute Gasteiger partial charge is 0.310 e. The van der Waals surface area contributed by atoms with Gasteiger partial charge in [0.15, 0.2) is 0 Å². The van der Waals surface area contributed by atoms with Gasteiger partial charge in [-0.1, -0.05) is 93.8 Å². The number of hydrogen-bond donors (Lipinski definition) is 0. The molecule has 48 heavy (non-hydrogen) atoms. The zero-order chi connectivity index (χ0) is 32.4. The summed E-state index contributed by atoms with van der Waals surface area (Å²) < 4.78 is 5.84. The van der Waals surface area contributed by atoms with Gasteiger partial charge in [-0.05, 0) is 105 Å². The molecule has 0 N–H and O–H groups in total. The highest BCUT2D eigenvalue weighted by Crippen LogP contribution is 2.41. The minimum atomic E-state index is 1.03. The lowest BCUT2D eigenvalue weighted by molar-refractivity contribution is 1.13. The van der Waals surface area contributed by atoms with Gasteiger partial charge in [-0.3, -0.25) is 0 Å². The Hall–Kier alpha value is -5.58. The molecule has 0 aliphatic heterocycles. The molecular formula is C44H32BrN3. The molecule has 0 saturated heterocycles. The fourth-order valence-corrected chi connectivity index (χ4v) is 7.79. The van der Waals surface area contributed by atoms with Crippen molar-refractivity contribution in [3.63, 3.8) is 0 Å². The van der Waals surface area contributed by atoms with E-state index in [-0.39, 0.29) is 0 Å². The van der Waals surface area contributed by atoms with Gasteiger partial charge in [0.05, 0.1) is 22.1 Å². The molecule has 3 nitrogen and oxygen atoms in total. The number of fused-ring (bicyclic) bond motifs is 6. The van der Waals surface area contributed by atoms with Crippen molar-refractivity contribution < 1.29 is 0 Å². The van der Waals surface area contributed by atoms with Crippen LogP contribution in [0.1, 0.15) is 11.1 Å². The highest BCUT2D eigenvalue weighted by molar-refractivity contribution is 9.10. The van der Waals surface area contributed by atoms with E-state index in [4.69, 9.17) is 0 Å². The molecule has 4 heteroatoms. The highest BCUT2D eigenvalue weighted by atomic mass is 79.9. The molecule has 0 saturated carbocycles. The number of nitrogens with zero attached hydrogens (tertiary/aromatic N) is 3. The second-order valence-corrected chi connectivity index (χ2v) is 13.5. The Labute approximate surface area is 288 Å². The van der Waals surface area contributed by atoms with Crippen LogP contribution in [-0.4, -0.2) is 9.13 Å². The van der Waals surface area contributed by atoms with Crippen LogP contribution in [0.3, 0.4) is 0 Å². The molecule has 0 fully saturated rings. The third-order valence-corrected chi connectivity index (χ3v) is 9.86. The standard InChI is InChI=1S/C44H32BrN3/c1-29-17-20-42-38(23-29)39-24-30(2)18-21-43(39)48(42)36-26-31(45)25-35(27-36)47-41-16-10-9-15-37(41)40-28-34(19-22-44(40)47)46(32-11-5-3-6-12-32)33-13-7-4-8-14-33/h3-28H,1-2H3. The van der Waals surface area contributed by atoms with E-state index in [1.54, 1.807) is 0 Å². The van der Waals surface area contributed by atoms with Crippen molar-refractivity contribution >= 4 is 76.6 Å². The first-order chi connectivity index (χ1) is 23.5. The quantitative estimate of drug-likeness (QED) is 0.176. The summed E-state index contributed by atoms with van der Waals surface area (Å²) in [7, 11) is 0. The Morgan fingerprint density at radius 2 is 0.854 bits per heavy atom. The average Bonchev–Trinajstić information content (AvgIpc) is 3.61. The van der Waals surface area contributed by atoms with Gasteiger partial charge in [0, 0.05) is 54.5 Å². The Bertz CT molecular complexity index is 2550. The molecule has 230 valence electrons. The van der Waals surface area contributed by atoms with Crippen molar-refractivity contribution in [2.24, 2.45) is 0 Å². The van der Waals surface area contributed by atoms with Crippen LogP contribution in [0.5, 0.6) is 0 Å². The summed E-state index contributed by atoms with van der Waals surface area (Å²) >= 11 is 3.91. The zero-order valence-electron chi connectivity index (χ0n) is 26.7. The molecule has 0 spiro atoms. The van der Waals surface area contributed by atoms with Crippen LogP contribution in [0.25, 0.3) is 55.0 Å². The van der Waals surface area contributed by atoms with Crippen molar-refractivity contribution in [3.8, 4) is 11.4 Å². The minimum absolute atomic E-state index is 1.03. The van der Waals surface area contributed by atoms with E-state index in [0.29, 0.717) is 0 Å². The van der Waals surface area contributed by atoms with Crippen molar-refractivity contribution in [2.45, 2.75) is 13.8 Å². The summed E-state index contributed by atoms with van der Waals surface area (Å²) in [6, 6.07) is 57.1. The lowest BCUT2D eigenvalue weighted by Crippen LogP contribution is -2.09. The van der Waals surface area contributed by atoms with Gasteiger partial charge in [0.25, 0.3) is 0 Å². The first-order valence-electron chi connectivity index (χ1n) is 16.3. The van der Waals surface area contributed by atoms with Gasteiger partial charge in [-0.15, -0.1) is 0 Å². The summed E-state index contributed by atoms with van der Waals surface area (Å²) in [6.45, 7) is 4.34. The van der Waals surface area contributed by atoms with E-state index in [9.17, 15) is 0 Å². The number of halogens is 1. The molecule has 0 aliphatic carbocycles. The molecule has 9 aromatic rings. The fourth-order valence-electron chi connectivity index (χ4n) is 7.33. The van der Waals surface area contributed by atoms with Crippen LogP contribution in [0.4, 0.5) is 17.1 Å².